The number of imidazole rings is 1. The lowest BCUT2D eigenvalue weighted by atomic mass is 10.3. The van der Waals surface area contributed by atoms with E-state index in [2.05, 4.69) is 5.10 Å². The first-order valence-corrected chi connectivity index (χ1v) is 5.89. The molecule has 3 aromatic rings. The summed E-state index contributed by atoms with van der Waals surface area (Å²) in [5.74, 6) is 0. The summed E-state index contributed by atoms with van der Waals surface area (Å²) in [6.45, 7) is 1.32. The fourth-order valence-electron chi connectivity index (χ4n) is 2.21. The van der Waals surface area contributed by atoms with Crippen LogP contribution in [0, 0.1) is 0 Å². The molecule has 0 unspecified atom stereocenters. The molecule has 0 saturated carbocycles. The maximum absolute atomic E-state index is 12.1. The van der Waals surface area contributed by atoms with Gasteiger partial charge in [0.2, 0.25) is 0 Å². The standard InChI is InChI=1S/C13H14N4O/c1-15-11-5-2-3-6-12(11)17(13(15)18)10-9-16-8-4-7-14-16/h2-8H,9-10H2,1H3. The van der Waals surface area contributed by atoms with Gasteiger partial charge in [0.25, 0.3) is 0 Å². The zero-order valence-corrected chi connectivity index (χ0v) is 10.2. The van der Waals surface area contributed by atoms with Crippen LogP contribution < -0.4 is 5.69 Å². The molecule has 0 saturated heterocycles. The molecule has 0 aliphatic rings. The van der Waals surface area contributed by atoms with E-state index in [1.54, 1.807) is 22.4 Å². The first-order chi connectivity index (χ1) is 8.77. The van der Waals surface area contributed by atoms with Crippen LogP contribution in [0.3, 0.4) is 0 Å². The number of rotatable bonds is 3. The van der Waals surface area contributed by atoms with Gasteiger partial charge < -0.3 is 0 Å². The quantitative estimate of drug-likeness (QED) is 0.693. The largest absolute Gasteiger partial charge is 0.328 e. The van der Waals surface area contributed by atoms with E-state index in [9.17, 15) is 4.79 Å². The van der Waals surface area contributed by atoms with Gasteiger partial charge in [-0.1, -0.05) is 12.1 Å². The Kier molecular flexibility index (Phi) is 2.51. The molecule has 0 aliphatic carbocycles. The van der Waals surface area contributed by atoms with Crippen molar-refractivity contribution in [1.82, 2.24) is 18.9 Å². The van der Waals surface area contributed by atoms with E-state index in [0.717, 1.165) is 11.0 Å². The Morgan fingerprint density at radius 1 is 1.11 bits per heavy atom. The highest BCUT2D eigenvalue weighted by Gasteiger charge is 2.09. The first kappa shape index (κ1) is 10.8. The maximum atomic E-state index is 12.1. The lowest BCUT2D eigenvalue weighted by molar-refractivity contribution is 0.527. The number of aryl methyl sites for hydroxylation is 3. The second kappa shape index (κ2) is 4.18. The van der Waals surface area contributed by atoms with Crippen LogP contribution in [0.5, 0.6) is 0 Å². The molecule has 0 fully saturated rings. The summed E-state index contributed by atoms with van der Waals surface area (Å²) in [5, 5.41) is 4.14. The molecular weight excluding hydrogens is 228 g/mol. The third-order valence-corrected chi connectivity index (χ3v) is 3.16. The molecule has 0 spiro atoms. The van der Waals surface area contributed by atoms with E-state index in [1.165, 1.54) is 0 Å². The number of nitrogens with zero attached hydrogens (tertiary/aromatic N) is 4. The minimum atomic E-state index is 0.0170. The fraction of sp³-hybridized carbons (Fsp3) is 0.231. The van der Waals surface area contributed by atoms with Gasteiger partial charge >= 0.3 is 5.69 Å². The van der Waals surface area contributed by atoms with Gasteiger partial charge in [-0.25, -0.2) is 4.79 Å². The van der Waals surface area contributed by atoms with Gasteiger partial charge in [0.15, 0.2) is 0 Å². The van der Waals surface area contributed by atoms with E-state index < -0.39 is 0 Å². The Labute approximate surface area is 104 Å². The van der Waals surface area contributed by atoms with Crippen molar-refractivity contribution < 1.29 is 0 Å². The van der Waals surface area contributed by atoms with Gasteiger partial charge in [0.05, 0.1) is 17.6 Å². The lowest BCUT2D eigenvalue weighted by Gasteiger charge is -2.03. The summed E-state index contributed by atoms with van der Waals surface area (Å²) < 4.78 is 5.30. The average Bonchev–Trinajstić information content (AvgIpc) is 2.98. The Morgan fingerprint density at radius 3 is 2.61 bits per heavy atom. The van der Waals surface area contributed by atoms with Crippen molar-refractivity contribution in [3.05, 3.63) is 53.2 Å². The molecule has 0 radical (unpaired) electrons. The van der Waals surface area contributed by atoms with Crippen molar-refractivity contribution in [2.45, 2.75) is 13.1 Å². The third-order valence-electron chi connectivity index (χ3n) is 3.16. The molecule has 5 heteroatoms. The highest BCUT2D eigenvalue weighted by molar-refractivity contribution is 5.75. The van der Waals surface area contributed by atoms with Crippen LogP contribution in [0.1, 0.15) is 0 Å². The Balaban J connectivity index is 2.01. The summed E-state index contributed by atoms with van der Waals surface area (Å²) >= 11 is 0. The van der Waals surface area contributed by atoms with Crippen LogP contribution >= 0.6 is 0 Å². The zero-order valence-electron chi connectivity index (χ0n) is 10.2. The molecule has 0 amide bonds. The molecule has 2 heterocycles. The average molecular weight is 242 g/mol. The van der Waals surface area contributed by atoms with Crippen LogP contribution in [0.2, 0.25) is 0 Å². The Bertz CT molecular complexity index is 721. The van der Waals surface area contributed by atoms with Gasteiger partial charge in [-0.2, -0.15) is 5.10 Å². The third kappa shape index (κ3) is 1.64. The van der Waals surface area contributed by atoms with Crippen LogP contribution in [-0.4, -0.2) is 18.9 Å². The van der Waals surface area contributed by atoms with E-state index in [-0.39, 0.29) is 5.69 Å². The molecule has 3 rings (SSSR count). The van der Waals surface area contributed by atoms with Crippen molar-refractivity contribution in [3.63, 3.8) is 0 Å². The van der Waals surface area contributed by atoms with Gasteiger partial charge in [-0.3, -0.25) is 13.8 Å². The van der Waals surface area contributed by atoms with Crippen LogP contribution in [-0.2, 0) is 20.1 Å². The first-order valence-electron chi connectivity index (χ1n) is 5.89. The molecule has 1 aromatic carbocycles. The predicted octanol–water partition coefficient (Wildman–Crippen LogP) is 1.24. The molecule has 18 heavy (non-hydrogen) atoms. The highest BCUT2D eigenvalue weighted by Crippen LogP contribution is 2.11. The van der Waals surface area contributed by atoms with E-state index in [1.807, 2.05) is 41.2 Å². The van der Waals surface area contributed by atoms with Crippen LogP contribution in [0.15, 0.2) is 47.5 Å². The van der Waals surface area contributed by atoms with Crippen molar-refractivity contribution >= 4 is 11.0 Å². The molecule has 5 nitrogen and oxygen atoms in total. The second-order valence-electron chi connectivity index (χ2n) is 4.25. The molecular formula is C13H14N4O. The minimum absolute atomic E-state index is 0.0170. The SMILES string of the molecule is Cn1c(=O)n(CCn2cccn2)c2ccccc21. The molecule has 0 atom stereocenters. The maximum Gasteiger partial charge on any atom is 0.328 e. The van der Waals surface area contributed by atoms with Gasteiger partial charge in [0.1, 0.15) is 0 Å². The van der Waals surface area contributed by atoms with Crippen molar-refractivity contribution in [1.29, 1.82) is 0 Å². The van der Waals surface area contributed by atoms with Crippen molar-refractivity contribution in [2.75, 3.05) is 0 Å². The summed E-state index contributed by atoms with van der Waals surface area (Å²) in [4.78, 5) is 12.1. The number of aromatic nitrogens is 4. The van der Waals surface area contributed by atoms with Crippen molar-refractivity contribution in [2.24, 2.45) is 7.05 Å². The number of hydrogen-bond acceptors (Lipinski definition) is 2. The summed E-state index contributed by atoms with van der Waals surface area (Å²) in [6.07, 6.45) is 3.64. The summed E-state index contributed by atoms with van der Waals surface area (Å²) in [5.41, 5.74) is 1.95. The monoisotopic (exact) mass is 242 g/mol. The fourth-order valence-corrected chi connectivity index (χ4v) is 2.21. The number of para-hydroxylation sites is 2. The number of fused-ring (bicyclic) bond motifs is 1. The normalized spacial score (nSPS) is 11.2. The van der Waals surface area contributed by atoms with Gasteiger partial charge in [-0.05, 0) is 18.2 Å². The molecule has 0 aliphatic heterocycles. The second-order valence-corrected chi connectivity index (χ2v) is 4.25. The molecule has 2 aromatic heterocycles. The number of hydrogen-bond donors (Lipinski definition) is 0. The van der Waals surface area contributed by atoms with Crippen LogP contribution in [0.4, 0.5) is 0 Å². The molecule has 0 bridgehead atoms. The molecule has 92 valence electrons. The van der Waals surface area contributed by atoms with Gasteiger partial charge in [-0.15, -0.1) is 0 Å². The van der Waals surface area contributed by atoms with Gasteiger partial charge in [0, 0.05) is 26.0 Å². The summed E-state index contributed by atoms with van der Waals surface area (Å²) in [6, 6.07) is 9.71. The topological polar surface area (TPSA) is 44.8 Å². The van der Waals surface area contributed by atoms with Crippen molar-refractivity contribution in [3.8, 4) is 0 Å². The molecule has 0 N–H and O–H groups in total. The van der Waals surface area contributed by atoms with E-state index in [4.69, 9.17) is 0 Å². The van der Waals surface area contributed by atoms with Crippen LogP contribution in [0.25, 0.3) is 11.0 Å². The smallest absolute Gasteiger partial charge is 0.295 e. The highest BCUT2D eigenvalue weighted by atomic mass is 16.1. The van der Waals surface area contributed by atoms with E-state index in [0.29, 0.717) is 13.1 Å². The Morgan fingerprint density at radius 2 is 1.89 bits per heavy atom. The Hall–Kier alpha value is -2.30. The minimum Gasteiger partial charge on any atom is -0.295 e. The predicted molar refractivity (Wildman–Crippen MR) is 69.4 cm³/mol. The zero-order chi connectivity index (χ0) is 12.5. The number of benzene rings is 1. The lowest BCUT2D eigenvalue weighted by Crippen LogP contribution is -2.24. The van der Waals surface area contributed by atoms with E-state index >= 15 is 0 Å². The summed E-state index contributed by atoms with van der Waals surface area (Å²) in [7, 11) is 1.80.